The third kappa shape index (κ3) is 4.46. The van der Waals surface area contributed by atoms with Crippen LogP contribution in [0.15, 0.2) is 36.4 Å². The monoisotopic (exact) mass is 296 g/mol. The maximum atomic E-state index is 10.6. The van der Waals surface area contributed by atoms with Crippen LogP contribution in [0.5, 0.6) is 5.75 Å². The topological polar surface area (TPSA) is 64.4 Å². The maximum absolute atomic E-state index is 10.6. The van der Waals surface area contributed by atoms with Crippen molar-refractivity contribution in [3.8, 4) is 5.75 Å². The van der Waals surface area contributed by atoms with Crippen LogP contribution in [0.4, 0.5) is 5.69 Å². The van der Waals surface area contributed by atoms with Crippen LogP contribution in [-0.2, 0) is 11.3 Å². The number of carbonyl (C=O) groups is 1. The van der Waals surface area contributed by atoms with Crippen molar-refractivity contribution in [2.75, 3.05) is 11.9 Å². The van der Waals surface area contributed by atoms with E-state index in [-0.39, 0.29) is 6.61 Å². The van der Waals surface area contributed by atoms with E-state index < -0.39 is 5.91 Å². The third-order valence-electron chi connectivity index (χ3n) is 2.33. The first-order valence-corrected chi connectivity index (χ1v) is 6.82. The highest BCUT2D eigenvalue weighted by atomic mass is 35.5. The van der Waals surface area contributed by atoms with Gasteiger partial charge in [-0.2, -0.15) is 0 Å². The van der Waals surface area contributed by atoms with Gasteiger partial charge in [0.05, 0.1) is 4.34 Å². The molecule has 2 aromatic rings. The molecule has 0 saturated heterocycles. The Morgan fingerprint density at radius 1 is 1.26 bits per heavy atom. The molecular weight excluding hydrogens is 284 g/mol. The van der Waals surface area contributed by atoms with Gasteiger partial charge < -0.3 is 15.8 Å². The van der Waals surface area contributed by atoms with Gasteiger partial charge >= 0.3 is 0 Å². The molecule has 1 amide bonds. The zero-order valence-electron chi connectivity index (χ0n) is 10.1. The molecule has 6 heteroatoms. The molecule has 0 saturated carbocycles. The number of hydrogen-bond donors (Lipinski definition) is 2. The molecule has 1 aromatic carbocycles. The second-order valence-corrected chi connectivity index (χ2v) is 5.64. The van der Waals surface area contributed by atoms with Crippen LogP contribution < -0.4 is 15.8 Å². The number of thiophene rings is 1. The van der Waals surface area contributed by atoms with Gasteiger partial charge in [0.1, 0.15) is 5.75 Å². The normalized spacial score (nSPS) is 10.2. The Morgan fingerprint density at radius 2 is 2.00 bits per heavy atom. The minimum atomic E-state index is -0.489. The highest BCUT2D eigenvalue weighted by molar-refractivity contribution is 7.16. The van der Waals surface area contributed by atoms with E-state index in [1.54, 1.807) is 23.5 Å². The number of amides is 1. The largest absolute Gasteiger partial charge is 0.484 e. The summed E-state index contributed by atoms with van der Waals surface area (Å²) in [6, 6.07) is 11.2. The van der Waals surface area contributed by atoms with Crippen LogP contribution in [0.3, 0.4) is 0 Å². The Hall–Kier alpha value is -1.72. The molecule has 3 N–H and O–H groups in total. The zero-order chi connectivity index (χ0) is 13.7. The summed E-state index contributed by atoms with van der Waals surface area (Å²) in [6.45, 7) is 0.610. The zero-order valence-corrected chi connectivity index (χ0v) is 11.6. The average Bonchev–Trinajstić information content (AvgIpc) is 2.81. The molecule has 1 heterocycles. The van der Waals surface area contributed by atoms with Crippen molar-refractivity contribution in [1.82, 2.24) is 0 Å². The number of benzene rings is 1. The molecule has 0 aliphatic rings. The lowest BCUT2D eigenvalue weighted by Crippen LogP contribution is -2.19. The van der Waals surface area contributed by atoms with Gasteiger partial charge in [-0.3, -0.25) is 4.79 Å². The van der Waals surface area contributed by atoms with Crippen molar-refractivity contribution in [3.63, 3.8) is 0 Å². The molecule has 19 heavy (non-hydrogen) atoms. The fraction of sp³-hybridized carbons (Fsp3) is 0.154. The molecule has 0 atom stereocenters. The first-order chi connectivity index (χ1) is 9.13. The lowest BCUT2D eigenvalue weighted by Gasteiger charge is -2.07. The van der Waals surface area contributed by atoms with Crippen LogP contribution in [0.25, 0.3) is 0 Å². The van der Waals surface area contributed by atoms with Crippen LogP contribution in [-0.4, -0.2) is 12.5 Å². The van der Waals surface area contributed by atoms with Gasteiger partial charge in [-0.15, -0.1) is 11.3 Å². The number of ether oxygens (including phenoxy) is 1. The first kappa shape index (κ1) is 13.7. The van der Waals surface area contributed by atoms with E-state index in [0.29, 0.717) is 5.75 Å². The molecule has 0 radical (unpaired) electrons. The molecule has 4 nitrogen and oxygen atoms in total. The van der Waals surface area contributed by atoms with Gasteiger partial charge in [0.2, 0.25) is 0 Å². The number of anilines is 1. The Morgan fingerprint density at radius 3 is 2.58 bits per heavy atom. The molecule has 0 aliphatic carbocycles. The van der Waals surface area contributed by atoms with Gasteiger partial charge in [0, 0.05) is 17.1 Å². The number of nitrogens with one attached hydrogen (secondary N) is 1. The minimum Gasteiger partial charge on any atom is -0.484 e. The van der Waals surface area contributed by atoms with E-state index >= 15 is 0 Å². The number of halogens is 1. The molecule has 0 unspecified atom stereocenters. The van der Waals surface area contributed by atoms with Crippen LogP contribution in [0, 0.1) is 0 Å². The Kier molecular flexibility index (Phi) is 4.65. The number of nitrogens with two attached hydrogens (primary N) is 1. The highest BCUT2D eigenvalue weighted by Gasteiger charge is 2.00. The number of primary amides is 1. The van der Waals surface area contributed by atoms with Crippen molar-refractivity contribution < 1.29 is 9.53 Å². The second kappa shape index (κ2) is 6.45. The Balaban J connectivity index is 1.86. The van der Waals surface area contributed by atoms with E-state index in [4.69, 9.17) is 22.1 Å². The number of hydrogen-bond acceptors (Lipinski definition) is 4. The van der Waals surface area contributed by atoms with Crippen LogP contribution in [0.1, 0.15) is 4.88 Å². The lowest BCUT2D eigenvalue weighted by atomic mass is 10.3. The quantitative estimate of drug-likeness (QED) is 0.861. The number of carbonyl (C=O) groups excluding carboxylic acids is 1. The van der Waals surface area contributed by atoms with Gasteiger partial charge in [-0.1, -0.05) is 11.6 Å². The Labute approximate surface area is 120 Å². The van der Waals surface area contributed by atoms with E-state index in [1.807, 2.05) is 24.3 Å². The molecule has 0 aliphatic heterocycles. The van der Waals surface area contributed by atoms with Crippen molar-refractivity contribution in [3.05, 3.63) is 45.6 Å². The lowest BCUT2D eigenvalue weighted by molar-refractivity contribution is -0.119. The summed E-state index contributed by atoms with van der Waals surface area (Å²) in [5.41, 5.74) is 5.97. The van der Waals surface area contributed by atoms with Gasteiger partial charge in [-0.25, -0.2) is 0 Å². The van der Waals surface area contributed by atoms with Crippen molar-refractivity contribution in [2.24, 2.45) is 5.73 Å². The molecule has 100 valence electrons. The standard InChI is InChI=1S/C13H13ClN2O2S/c14-12-6-5-11(19-12)7-16-9-1-3-10(4-2-9)18-8-13(15)17/h1-6,16H,7-8H2,(H2,15,17). The molecule has 0 spiro atoms. The summed E-state index contributed by atoms with van der Waals surface area (Å²) >= 11 is 7.41. The summed E-state index contributed by atoms with van der Waals surface area (Å²) in [4.78, 5) is 11.7. The molecule has 0 bridgehead atoms. The first-order valence-electron chi connectivity index (χ1n) is 5.63. The summed E-state index contributed by atoms with van der Waals surface area (Å²) in [6.07, 6.45) is 0. The molecular formula is C13H13ClN2O2S. The van der Waals surface area contributed by atoms with E-state index in [9.17, 15) is 4.79 Å². The highest BCUT2D eigenvalue weighted by Crippen LogP contribution is 2.23. The molecule has 0 fully saturated rings. The fourth-order valence-electron chi connectivity index (χ4n) is 1.46. The summed E-state index contributed by atoms with van der Waals surface area (Å²) in [5, 5.41) is 3.27. The summed E-state index contributed by atoms with van der Waals surface area (Å²) in [5.74, 6) is 0.125. The molecule has 2 rings (SSSR count). The number of rotatable bonds is 6. The van der Waals surface area contributed by atoms with Crippen molar-refractivity contribution >= 4 is 34.5 Å². The smallest absolute Gasteiger partial charge is 0.255 e. The second-order valence-electron chi connectivity index (χ2n) is 3.84. The predicted molar refractivity (Wildman–Crippen MR) is 77.8 cm³/mol. The average molecular weight is 297 g/mol. The summed E-state index contributed by atoms with van der Waals surface area (Å²) in [7, 11) is 0. The van der Waals surface area contributed by atoms with Gasteiger partial charge in [0.15, 0.2) is 6.61 Å². The minimum absolute atomic E-state index is 0.111. The SMILES string of the molecule is NC(=O)COc1ccc(NCc2ccc(Cl)s2)cc1. The van der Waals surface area contributed by atoms with Gasteiger partial charge in [0.25, 0.3) is 5.91 Å². The van der Waals surface area contributed by atoms with Crippen molar-refractivity contribution in [2.45, 2.75) is 6.54 Å². The predicted octanol–water partition coefficient (Wildman–Crippen LogP) is 2.88. The summed E-state index contributed by atoms with van der Waals surface area (Å²) < 4.78 is 5.96. The van der Waals surface area contributed by atoms with E-state index in [0.717, 1.165) is 16.6 Å². The van der Waals surface area contributed by atoms with Gasteiger partial charge in [-0.05, 0) is 36.4 Å². The van der Waals surface area contributed by atoms with Crippen molar-refractivity contribution in [1.29, 1.82) is 0 Å². The third-order valence-corrected chi connectivity index (χ3v) is 3.56. The molecule has 1 aromatic heterocycles. The Bertz CT molecular complexity index is 554. The maximum Gasteiger partial charge on any atom is 0.255 e. The van der Waals surface area contributed by atoms with E-state index in [2.05, 4.69) is 5.32 Å². The van der Waals surface area contributed by atoms with Crippen LogP contribution in [0.2, 0.25) is 4.34 Å². The fourth-order valence-corrected chi connectivity index (χ4v) is 2.49. The van der Waals surface area contributed by atoms with E-state index in [1.165, 1.54) is 4.88 Å². The van der Waals surface area contributed by atoms with Crippen LogP contribution >= 0.6 is 22.9 Å².